The summed E-state index contributed by atoms with van der Waals surface area (Å²) in [6, 6.07) is 13.4. The minimum atomic E-state index is -1.04. The fraction of sp³-hybridized carbons (Fsp3) is 0.167. The second-order valence-corrected chi connectivity index (χ2v) is 5.10. The third-order valence-electron chi connectivity index (χ3n) is 3.25. The number of methoxy groups -OCH3 is 1. The van der Waals surface area contributed by atoms with Crippen molar-refractivity contribution < 1.29 is 24.2 Å². The van der Waals surface area contributed by atoms with Gasteiger partial charge in [0, 0.05) is 5.56 Å². The van der Waals surface area contributed by atoms with E-state index in [9.17, 15) is 9.59 Å². The summed E-state index contributed by atoms with van der Waals surface area (Å²) in [6.45, 7) is 1.45. The molecule has 2 N–H and O–H groups in total. The zero-order valence-corrected chi connectivity index (χ0v) is 13.8. The number of hydrazone groups is 1. The van der Waals surface area contributed by atoms with Crippen LogP contribution in [0.25, 0.3) is 0 Å². The van der Waals surface area contributed by atoms with Crippen molar-refractivity contribution in [3.8, 4) is 11.5 Å². The van der Waals surface area contributed by atoms with Gasteiger partial charge in [-0.25, -0.2) is 10.2 Å². The maximum absolute atomic E-state index is 12.0. The van der Waals surface area contributed by atoms with Crippen molar-refractivity contribution in [1.29, 1.82) is 0 Å². The standard InChI is InChI=1S/C18H18N2O5/c1-12(18(22)23)25-15-8-6-13(7-9-15)11-19-20-17(21)14-4-3-5-16(10-14)24-2/h3-12H,1-2H3,(H,20,21)(H,22,23)/b19-11-/t12-/m1/s1. The highest BCUT2D eigenvalue weighted by Gasteiger charge is 2.11. The minimum absolute atomic E-state index is 0.356. The molecule has 0 saturated heterocycles. The summed E-state index contributed by atoms with van der Waals surface area (Å²) >= 11 is 0. The Kier molecular flexibility index (Phi) is 6.11. The van der Waals surface area contributed by atoms with E-state index in [4.69, 9.17) is 14.6 Å². The lowest BCUT2D eigenvalue weighted by molar-refractivity contribution is -0.144. The van der Waals surface area contributed by atoms with Crippen molar-refractivity contribution in [2.45, 2.75) is 13.0 Å². The van der Waals surface area contributed by atoms with Gasteiger partial charge >= 0.3 is 5.97 Å². The second-order valence-electron chi connectivity index (χ2n) is 5.10. The highest BCUT2D eigenvalue weighted by atomic mass is 16.5. The first-order chi connectivity index (χ1) is 12.0. The van der Waals surface area contributed by atoms with E-state index in [-0.39, 0.29) is 5.91 Å². The smallest absolute Gasteiger partial charge is 0.344 e. The fourth-order valence-electron chi connectivity index (χ4n) is 1.88. The second kappa shape index (κ2) is 8.49. The predicted octanol–water partition coefficient (Wildman–Crippen LogP) is 2.31. The average Bonchev–Trinajstić information content (AvgIpc) is 2.63. The van der Waals surface area contributed by atoms with Crippen molar-refractivity contribution in [2.75, 3.05) is 7.11 Å². The maximum Gasteiger partial charge on any atom is 0.344 e. The Balaban J connectivity index is 1.93. The monoisotopic (exact) mass is 342 g/mol. The summed E-state index contributed by atoms with van der Waals surface area (Å²) in [4.78, 5) is 22.7. The highest BCUT2D eigenvalue weighted by molar-refractivity contribution is 5.95. The Labute approximate surface area is 144 Å². The first-order valence-electron chi connectivity index (χ1n) is 7.46. The van der Waals surface area contributed by atoms with Crippen LogP contribution in [0.2, 0.25) is 0 Å². The number of carboxylic acids is 1. The lowest BCUT2D eigenvalue weighted by Gasteiger charge is -2.09. The number of nitrogens with zero attached hydrogens (tertiary/aromatic N) is 1. The molecule has 0 saturated carbocycles. The van der Waals surface area contributed by atoms with Gasteiger partial charge in [0.2, 0.25) is 0 Å². The molecule has 0 aromatic heterocycles. The molecule has 0 heterocycles. The molecule has 1 atom stereocenters. The van der Waals surface area contributed by atoms with E-state index in [1.54, 1.807) is 48.5 Å². The van der Waals surface area contributed by atoms with E-state index < -0.39 is 12.1 Å². The summed E-state index contributed by atoms with van der Waals surface area (Å²) < 4.78 is 10.3. The lowest BCUT2D eigenvalue weighted by atomic mass is 10.2. The van der Waals surface area contributed by atoms with Crippen molar-refractivity contribution in [1.82, 2.24) is 5.43 Å². The van der Waals surface area contributed by atoms with Crippen LogP contribution in [-0.4, -0.2) is 36.4 Å². The molecule has 0 spiro atoms. The van der Waals surface area contributed by atoms with Crippen LogP contribution in [0.15, 0.2) is 53.6 Å². The van der Waals surface area contributed by atoms with Crippen LogP contribution in [0, 0.1) is 0 Å². The van der Waals surface area contributed by atoms with Crippen LogP contribution in [0.5, 0.6) is 11.5 Å². The van der Waals surface area contributed by atoms with Crippen LogP contribution in [0.3, 0.4) is 0 Å². The van der Waals surface area contributed by atoms with Gasteiger partial charge in [0.15, 0.2) is 6.10 Å². The van der Waals surface area contributed by atoms with E-state index in [0.717, 1.165) is 5.56 Å². The largest absolute Gasteiger partial charge is 0.497 e. The van der Waals surface area contributed by atoms with Crippen LogP contribution in [0.4, 0.5) is 0 Å². The lowest BCUT2D eigenvalue weighted by Crippen LogP contribution is -2.22. The molecule has 1 amide bonds. The zero-order valence-electron chi connectivity index (χ0n) is 13.8. The van der Waals surface area contributed by atoms with Crippen molar-refractivity contribution in [3.63, 3.8) is 0 Å². The van der Waals surface area contributed by atoms with E-state index in [1.807, 2.05) is 0 Å². The molecular formula is C18H18N2O5. The fourth-order valence-corrected chi connectivity index (χ4v) is 1.88. The predicted molar refractivity (Wildman–Crippen MR) is 92.2 cm³/mol. The molecule has 2 aromatic rings. The molecule has 2 rings (SSSR count). The van der Waals surface area contributed by atoms with Gasteiger partial charge < -0.3 is 14.6 Å². The summed E-state index contributed by atoms with van der Waals surface area (Å²) in [5.74, 6) is -0.369. The molecule has 25 heavy (non-hydrogen) atoms. The van der Waals surface area contributed by atoms with Gasteiger partial charge in [0.05, 0.1) is 13.3 Å². The molecule has 0 aliphatic rings. The number of rotatable bonds is 7. The quantitative estimate of drug-likeness (QED) is 0.594. The number of amides is 1. The third kappa shape index (κ3) is 5.35. The number of hydrogen-bond acceptors (Lipinski definition) is 5. The van der Waals surface area contributed by atoms with Crippen molar-refractivity contribution in [3.05, 3.63) is 59.7 Å². The number of carboxylic acid groups (broad SMARTS) is 1. The molecule has 0 aliphatic heterocycles. The summed E-state index contributed by atoms with van der Waals surface area (Å²) in [6.07, 6.45) is 0.546. The van der Waals surface area contributed by atoms with E-state index in [0.29, 0.717) is 17.1 Å². The minimum Gasteiger partial charge on any atom is -0.497 e. The summed E-state index contributed by atoms with van der Waals surface area (Å²) in [7, 11) is 1.53. The van der Waals surface area contributed by atoms with Gasteiger partial charge in [0.1, 0.15) is 11.5 Å². The molecule has 7 heteroatoms. The van der Waals surface area contributed by atoms with Crippen LogP contribution >= 0.6 is 0 Å². The average molecular weight is 342 g/mol. The Bertz CT molecular complexity index is 771. The zero-order chi connectivity index (χ0) is 18.2. The SMILES string of the molecule is COc1cccc(C(=O)N/N=C\c2ccc(O[C@H](C)C(=O)O)cc2)c1. The first kappa shape index (κ1) is 18.0. The summed E-state index contributed by atoms with van der Waals surface area (Å²) in [5, 5.41) is 12.7. The highest BCUT2D eigenvalue weighted by Crippen LogP contribution is 2.14. The molecular weight excluding hydrogens is 324 g/mol. The number of ether oxygens (including phenoxy) is 2. The number of benzene rings is 2. The Hall–Kier alpha value is -3.35. The molecule has 130 valence electrons. The van der Waals surface area contributed by atoms with Crippen LogP contribution in [-0.2, 0) is 4.79 Å². The molecule has 2 aromatic carbocycles. The van der Waals surface area contributed by atoms with Gasteiger partial charge in [-0.3, -0.25) is 4.79 Å². The molecule has 0 radical (unpaired) electrons. The Morgan fingerprint density at radius 3 is 2.52 bits per heavy atom. The van der Waals surface area contributed by atoms with Gasteiger partial charge in [0.25, 0.3) is 5.91 Å². The molecule has 0 aliphatic carbocycles. The molecule has 0 bridgehead atoms. The number of carbonyl (C=O) groups excluding carboxylic acids is 1. The van der Waals surface area contributed by atoms with Gasteiger partial charge in [-0.2, -0.15) is 5.10 Å². The van der Waals surface area contributed by atoms with E-state index in [1.165, 1.54) is 20.2 Å². The third-order valence-corrected chi connectivity index (χ3v) is 3.25. The Morgan fingerprint density at radius 1 is 1.16 bits per heavy atom. The van der Waals surface area contributed by atoms with Crippen LogP contribution < -0.4 is 14.9 Å². The molecule has 0 fully saturated rings. The Morgan fingerprint density at radius 2 is 1.88 bits per heavy atom. The van der Waals surface area contributed by atoms with Crippen LogP contribution in [0.1, 0.15) is 22.8 Å². The van der Waals surface area contributed by atoms with E-state index in [2.05, 4.69) is 10.5 Å². The van der Waals surface area contributed by atoms with Crippen molar-refractivity contribution >= 4 is 18.1 Å². The van der Waals surface area contributed by atoms with E-state index >= 15 is 0 Å². The normalized spacial score (nSPS) is 11.8. The number of hydrogen-bond donors (Lipinski definition) is 2. The van der Waals surface area contributed by atoms with Gasteiger partial charge in [-0.1, -0.05) is 6.07 Å². The number of carbonyl (C=O) groups is 2. The summed E-state index contributed by atoms with van der Waals surface area (Å²) in [5.41, 5.74) is 3.58. The number of aliphatic carboxylic acids is 1. The molecule has 7 nitrogen and oxygen atoms in total. The van der Waals surface area contributed by atoms with Gasteiger partial charge in [-0.05, 0) is 55.0 Å². The van der Waals surface area contributed by atoms with Crippen molar-refractivity contribution in [2.24, 2.45) is 5.10 Å². The van der Waals surface area contributed by atoms with Gasteiger partial charge in [-0.15, -0.1) is 0 Å². The number of nitrogens with one attached hydrogen (secondary N) is 1. The first-order valence-corrected chi connectivity index (χ1v) is 7.46. The molecule has 0 unspecified atom stereocenters. The maximum atomic E-state index is 12.0. The topological polar surface area (TPSA) is 97.2 Å².